The number of hydrogen-bond acceptors (Lipinski definition) is 4. The summed E-state index contributed by atoms with van der Waals surface area (Å²) >= 11 is 0. The third-order valence-corrected chi connectivity index (χ3v) is 2.57. The Balaban J connectivity index is 2.04. The van der Waals surface area contributed by atoms with Crippen LogP contribution < -0.4 is 10.1 Å². The van der Waals surface area contributed by atoms with E-state index < -0.39 is 0 Å². The molecule has 0 aliphatic rings. The van der Waals surface area contributed by atoms with Crippen LogP contribution in [0.5, 0.6) is 5.75 Å². The van der Waals surface area contributed by atoms with Crippen LogP contribution in [-0.2, 0) is 6.42 Å². The fourth-order valence-corrected chi connectivity index (χ4v) is 1.70. The second kappa shape index (κ2) is 5.65. The van der Waals surface area contributed by atoms with Crippen LogP contribution in [0.15, 0.2) is 18.2 Å². The zero-order valence-corrected chi connectivity index (χ0v) is 9.86. The quantitative estimate of drug-likeness (QED) is 0.644. The van der Waals surface area contributed by atoms with Crippen LogP contribution in [0.2, 0.25) is 0 Å². The smallest absolute Gasteiger partial charge is 0.121 e. The van der Waals surface area contributed by atoms with Gasteiger partial charge in [-0.15, -0.1) is 0 Å². The number of nitrogens with one attached hydrogen (secondary N) is 2. The average molecular weight is 235 g/mol. The van der Waals surface area contributed by atoms with E-state index >= 15 is 0 Å². The first-order valence-electron chi connectivity index (χ1n) is 5.67. The number of fused-ring (bicyclic) bond motifs is 1. The highest BCUT2D eigenvalue weighted by atomic mass is 16.5. The number of aromatic nitrogens is 2. The van der Waals surface area contributed by atoms with Crippen LogP contribution in [0, 0.1) is 0 Å². The van der Waals surface area contributed by atoms with Gasteiger partial charge in [0.05, 0.1) is 24.8 Å². The number of ether oxygens (including phenoxy) is 1. The van der Waals surface area contributed by atoms with E-state index in [0.29, 0.717) is 6.54 Å². The van der Waals surface area contributed by atoms with Gasteiger partial charge in [-0.2, -0.15) is 0 Å². The number of imidazole rings is 1. The van der Waals surface area contributed by atoms with Crippen molar-refractivity contribution in [2.75, 3.05) is 26.8 Å². The third kappa shape index (κ3) is 2.95. The van der Waals surface area contributed by atoms with E-state index in [-0.39, 0.29) is 6.61 Å². The summed E-state index contributed by atoms with van der Waals surface area (Å²) in [6, 6.07) is 5.78. The molecular weight excluding hydrogens is 218 g/mol. The van der Waals surface area contributed by atoms with Crippen molar-refractivity contribution in [1.82, 2.24) is 15.3 Å². The van der Waals surface area contributed by atoms with Gasteiger partial charge in [0, 0.05) is 25.6 Å². The maximum absolute atomic E-state index is 8.64. The van der Waals surface area contributed by atoms with E-state index in [4.69, 9.17) is 9.84 Å². The molecule has 0 saturated carbocycles. The van der Waals surface area contributed by atoms with Crippen LogP contribution in [0.25, 0.3) is 11.0 Å². The number of methoxy groups -OCH3 is 1. The van der Waals surface area contributed by atoms with Crippen molar-refractivity contribution >= 4 is 11.0 Å². The molecule has 0 aliphatic carbocycles. The van der Waals surface area contributed by atoms with Crippen molar-refractivity contribution < 1.29 is 9.84 Å². The number of benzene rings is 1. The monoisotopic (exact) mass is 235 g/mol. The summed E-state index contributed by atoms with van der Waals surface area (Å²) in [7, 11) is 1.65. The van der Waals surface area contributed by atoms with Gasteiger partial charge in [0.1, 0.15) is 11.6 Å². The lowest BCUT2D eigenvalue weighted by atomic mass is 10.3. The highest BCUT2D eigenvalue weighted by molar-refractivity contribution is 5.76. The summed E-state index contributed by atoms with van der Waals surface area (Å²) in [5.41, 5.74) is 1.93. The van der Waals surface area contributed by atoms with Crippen molar-refractivity contribution in [2.45, 2.75) is 6.42 Å². The normalized spacial score (nSPS) is 10.9. The summed E-state index contributed by atoms with van der Waals surface area (Å²) in [5, 5.41) is 11.8. The lowest BCUT2D eigenvalue weighted by molar-refractivity contribution is 0.292. The van der Waals surface area contributed by atoms with E-state index in [1.54, 1.807) is 7.11 Å². The molecule has 0 saturated heterocycles. The first-order valence-corrected chi connectivity index (χ1v) is 5.67. The summed E-state index contributed by atoms with van der Waals surface area (Å²) in [6.45, 7) is 1.59. The Labute approximate surface area is 99.8 Å². The van der Waals surface area contributed by atoms with E-state index in [0.717, 1.165) is 35.6 Å². The van der Waals surface area contributed by atoms with Gasteiger partial charge in [-0.3, -0.25) is 0 Å². The predicted molar refractivity (Wildman–Crippen MR) is 66.3 cm³/mol. The molecule has 2 rings (SSSR count). The van der Waals surface area contributed by atoms with E-state index in [1.165, 1.54) is 0 Å². The molecule has 1 aromatic heterocycles. The van der Waals surface area contributed by atoms with Crippen LogP contribution in [0.3, 0.4) is 0 Å². The Morgan fingerprint density at radius 1 is 1.41 bits per heavy atom. The largest absolute Gasteiger partial charge is 0.497 e. The van der Waals surface area contributed by atoms with Crippen molar-refractivity contribution in [1.29, 1.82) is 0 Å². The van der Waals surface area contributed by atoms with E-state index in [9.17, 15) is 0 Å². The van der Waals surface area contributed by atoms with Gasteiger partial charge in [0.15, 0.2) is 0 Å². The second-order valence-electron chi connectivity index (χ2n) is 3.79. The van der Waals surface area contributed by atoms with Crippen LogP contribution >= 0.6 is 0 Å². The molecule has 1 heterocycles. The molecule has 0 unspecified atom stereocenters. The highest BCUT2D eigenvalue weighted by Gasteiger charge is 2.03. The number of aromatic amines is 1. The molecule has 1 aromatic carbocycles. The minimum absolute atomic E-state index is 0.164. The Morgan fingerprint density at radius 3 is 3.06 bits per heavy atom. The van der Waals surface area contributed by atoms with Gasteiger partial charge in [-0.25, -0.2) is 4.98 Å². The number of aliphatic hydroxyl groups excluding tert-OH is 1. The zero-order chi connectivity index (χ0) is 12.1. The Kier molecular flexibility index (Phi) is 3.95. The van der Waals surface area contributed by atoms with Crippen LogP contribution in [0.4, 0.5) is 0 Å². The van der Waals surface area contributed by atoms with Crippen molar-refractivity contribution in [3.8, 4) is 5.75 Å². The molecule has 5 nitrogen and oxygen atoms in total. The topological polar surface area (TPSA) is 70.2 Å². The summed E-state index contributed by atoms with van der Waals surface area (Å²) in [4.78, 5) is 7.73. The number of aliphatic hydroxyl groups is 1. The first-order chi connectivity index (χ1) is 8.33. The summed E-state index contributed by atoms with van der Waals surface area (Å²) in [5.74, 6) is 1.77. The Hall–Kier alpha value is -1.59. The van der Waals surface area contributed by atoms with Gasteiger partial charge in [0.2, 0.25) is 0 Å². The average Bonchev–Trinajstić information content (AvgIpc) is 2.76. The number of hydrogen-bond donors (Lipinski definition) is 3. The Morgan fingerprint density at radius 2 is 2.29 bits per heavy atom. The minimum Gasteiger partial charge on any atom is -0.497 e. The standard InChI is InChI=1S/C12H17N3O2/c1-17-9-2-3-10-11(8-9)15-12(14-10)4-5-13-6-7-16/h2-3,8,13,16H,4-7H2,1H3,(H,14,15). The summed E-state index contributed by atoms with van der Waals surface area (Å²) in [6.07, 6.45) is 0.816. The van der Waals surface area contributed by atoms with E-state index in [2.05, 4.69) is 15.3 Å². The first kappa shape index (κ1) is 11.9. The molecule has 3 N–H and O–H groups in total. The fraction of sp³-hybridized carbons (Fsp3) is 0.417. The lowest BCUT2D eigenvalue weighted by Gasteiger charge is -1.99. The Bertz CT molecular complexity index is 482. The van der Waals surface area contributed by atoms with Crippen LogP contribution in [0.1, 0.15) is 5.82 Å². The predicted octanol–water partition coefficient (Wildman–Crippen LogP) is 0.696. The molecule has 0 aliphatic heterocycles. The van der Waals surface area contributed by atoms with Crippen LogP contribution in [-0.4, -0.2) is 41.9 Å². The minimum atomic E-state index is 0.164. The number of nitrogens with zero attached hydrogens (tertiary/aromatic N) is 1. The molecule has 0 radical (unpaired) electrons. The van der Waals surface area contributed by atoms with Gasteiger partial charge in [-0.1, -0.05) is 0 Å². The molecule has 0 spiro atoms. The molecule has 0 amide bonds. The molecule has 0 bridgehead atoms. The molecule has 17 heavy (non-hydrogen) atoms. The summed E-state index contributed by atoms with van der Waals surface area (Å²) < 4.78 is 5.16. The molecule has 0 fully saturated rings. The molecule has 92 valence electrons. The van der Waals surface area contributed by atoms with Crippen molar-refractivity contribution in [2.24, 2.45) is 0 Å². The van der Waals surface area contributed by atoms with Crippen molar-refractivity contribution in [3.05, 3.63) is 24.0 Å². The molecule has 5 heteroatoms. The van der Waals surface area contributed by atoms with Gasteiger partial charge < -0.3 is 20.1 Å². The SMILES string of the molecule is COc1ccc2nc(CCNCCO)[nH]c2c1. The van der Waals surface area contributed by atoms with Gasteiger partial charge >= 0.3 is 0 Å². The lowest BCUT2D eigenvalue weighted by Crippen LogP contribution is -2.21. The fourth-order valence-electron chi connectivity index (χ4n) is 1.70. The van der Waals surface area contributed by atoms with Gasteiger partial charge in [0.25, 0.3) is 0 Å². The zero-order valence-electron chi connectivity index (χ0n) is 9.86. The van der Waals surface area contributed by atoms with Crippen molar-refractivity contribution in [3.63, 3.8) is 0 Å². The number of H-pyrrole nitrogens is 1. The maximum atomic E-state index is 8.64. The van der Waals surface area contributed by atoms with Gasteiger partial charge in [-0.05, 0) is 12.1 Å². The second-order valence-corrected chi connectivity index (χ2v) is 3.79. The maximum Gasteiger partial charge on any atom is 0.121 e. The number of rotatable bonds is 6. The molecular formula is C12H17N3O2. The third-order valence-electron chi connectivity index (χ3n) is 2.57. The molecule has 0 atom stereocenters. The molecule has 2 aromatic rings. The highest BCUT2D eigenvalue weighted by Crippen LogP contribution is 2.18. The van der Waals surface area contributed by atoms with E-state index in [1.807, 2.05) is 18.2 Å².